The molecule has 1 aromatic carbocycles. The molecule has 0 amide bonds. The van der Waals surface area contributed by atoms with E-state index in [1.165, 1.54) is 0 Å². The highest BCUT2D eigenvalue weighted by molar-refractivity contribution is 5.93. The van der Waals surface area contributed by atoms with Crippen molar-refractivity contribution in [2.45, 2.75) is 27.2 Å². The summed E-state index contributed by atoms with van der Waals surface area (Å²) in [5.41, 5.74) is 3.09. The molecule has 0 fully saturated rings. The number of Topliss-reactive ketones (excluding diaryl/α,β-unsaturated/α-hetero) is 1. The van der Waals surface area contributed by atoms with Gasteiger partial charge in [-0.05, 0) is 43.5 Å². The van der Waals surface area contributed by atoms with Crippen molar-refractivity contribution in [2.75, 3.05) is 7.11 Å². The van der Waals surface area contributed by atoms with Crippen LogP contribution in [0.4, 0.5) is 0 Å². The Balaban J connectivity index is 3.02. The number of ether oxygens (including phenoxy) is 1. The van der Waals surface area contributed by atoms with Crippen LogP contribution in [-0.4, -0.2) is 12.9 Å². The number of carbonyl (C=O) groups is 1. The molecule has 16 heavy (non-hydrogen) atoms. The Morgan fingerprint density at radius 3 is 2.62 bits per heavy atom. The van der Waals surface area contributed by atoms with E-state index in [0.29, 0.717) is 6.42 Å². The van der Waals surface area contributed by atoms with Gasteiger partial charge in [0.15, 0.2) is 5.78 Å². The molecule has 0 atom stereocenters. The van der Waals surface area contributed by atoms with E-state index in [2.05, 4.69) is 0 Å². The molecule has 0 unspecified atom stereocenters. The standard InChI is InChI=1S/C14H18O2/c1-5-12(11(3)15)9-13-7-6-8-14(16-4)10(13)2/h5-8H,9H2,1-4H3/b12-5-. The van der Waals surface area contributed by atoms with E-state index in [1.807, 2.05) is 38.1 Å². The van der Waals surface area contributed by atoms with Crippen LogP contribution in [0.5, 0.6) is 5.75 Å². The number of hydrogen-bond donors (Lipinski definition) is 0. The maximum atomic E-state index is 11.3. The fourth-order valence-corrected chi connectivity index (χ4v) is 1.71. The van der Waals surface area contributed by atoms with Crippen LogP contribution in [0.3, 0.4) is 0 Å². The SMILES string of the molecule is C/C=C(/Cc1cccc(OC)c1C)C(C)=O. The minimum atomic E-state index is 0.129. The molecule has 2 heteroatoms. The molecule has 0 saturated heterocycles. The smallest absolute Gasteiger partial charge is 0.155 e. The van der Waals surface area contributed by atoms with Gasteiger partial charge in [-0.3, -0.25) is 4.79 Å². The third-order valence-corrected chi connectivity index (χ3v) is 2.80. The van der Waals surface area contributed by atoms with Gasteiger partial charge in [0, 0.05) is 6.42 Å². The lowest BCUT2D eigenvalue weighted by Crippen LogP contribution is -2.02. The summed E-state index contributed by atoms with van der Waals surface area (Å²) in [6, 6.07) is 5.92. The zero-order valence-electron chi connectivity index (χ0n) is 10.3. The molecule has 0 aliphatic heterocycles. The third kappa shape index (κ3) is 2.72. The summed E-state index contributed by atoms with van der Waals surface area (Å²) in [6.07, 6.45) is 2.55. The highest BCUT2D eigenvalue weighted by Gasteiger charge is 2.08. The maximum absolute atomic E-state index is 11.3. The first kappa shape index (κ1) is 12.5. The molecule has 0 saturated carbocycles. The molecule has 1 rings (SSSR count). The van der Waals surface area contributed by atoms with E-state index < -0.39 is 0 Å². The Hall–Kier alpha value is -1.57. The molecule has 0 radical (unpaired) electrons. The molecule has 86 valence electrons. The Morgan fingerprint density at radius 1 is 1.44 bits per heavy atom. The van der Waals surface area contributed by atoms with E-state index in [0.717, 1.165) is 22.4 Å². The number of rotatable bonds is 4. The van der Waals surface area contributed by atoms with E-state index in [4.69, 9.17) is 4.74 Å². The number of ketones is 1. The second-order valence-electron chi connectivity index (χ2n) is 3.79. The van der Waals surface area contributed by atoms with Crippen molar-refractivity contribution in [3.8, 4) is 5.75 Å². The van der Waals surface area contributed by atoms with Crippen molar-refractivity contribution in [1.29, 1.82) is 0 Å². The van der Waals surface area contributed by atoms with Gasteiger partial charge in [0.05, 0.1) is 7.11 Å². The summed E-state index contributed by atoms with van der Waals surface area (Å²) in [6.45, 7) is 5.51. The first-order valence-corrected chi connectivity index (χ1v) is 5.38. The monoisotopic (exact) mass is 218 g/mol. The lowest BCUT2D eigenvalue weighted by atomic mass is 9.98. The van der Waals surface area contributed by atoms with Crippen LogP contribution in [0.25, 0.3) is 0 Å². The van der Waals surface area contributed by atoms with E-state index in [9.17, 15) is 4.79 Å². The highest BCUT2D eigenvalue weighted by atomic mass is 16.5. The van der Waals surface area contributed by atoms with E-state index >= 15 is 0 Å². The maximum Gasteiger partial charge on any atom is 0.155 e. The number of hydrogen-bond acceptors (Lipinski definition) is 2. The van der Waals surface area contributed by atoms with Gasteiger partial charge in [-0.25, -0.2) is 0 Å². The molecule has 0 heterocycles. The summed E-state index contributed by atoms with van der Waals surface area (Å²) < 4.78 is 5.26. The number of benzene rings is 1. The largest absolute Gasteiger partial charge is 0.496 e. The second kappa shape index (κ2) is 5.50. The van der Waals surface area contributed by atoms with Gasteiger partial charge in [-0.1, -0.05) is 18.2 Å². The Bertz CT molecular complexity index is 417. The normalized spacial score (nSPS) is 11.4. The second-order valence-corrected chi connectivity index (χ2v) is 3.79. The van der Waals surface area contributed by atoms with Crippen LogP contribution in [0.15, 0.2) is 29.8 Å². The lowest BCUT2D eigenvalue weighted by Gasteiger charge is -2.10. The molecule has 2 nitrogen and oxygen atoms in total. The van der Waals surface area contributed by atoms with Gasteiger partial charge >= 0.3 is 0 Å². The van der Waals surface area contributed by atoms with Crippen LogP contribution < -0.4 is 4.74 Å². The molecule has 0 aliphatic rings. The quantitative estimate of drug-likeness (QED) is 0.726. The molecule has 1 aromatic rings. The van der Waals surface area contributed by atoms with Crippen LogP contribution in [0, 0.1) is 6.92 Å². The van der Waals surface area contributed by atoms with Crippen LogP contribution in [0.1, 0.15) is 25.0 Å². The Kier molecular flexibility index (Phi) is 4.29. The summed E-state index contributed by atoms with van der Waals surface area (Å²) in [5, 5.41) is 0. The fraction of sp³-hybridized carbons (Fsp3) is 0.357. The van der Waals surface area contributed by atoms with Crippen molar-refractivity contribution in [3.05, 3.63) is 41.0 Å². The van der Waals surface area contributed by atoms with Gasteiger partial charge in [-0.15, -0.1) is 0 Å². The average Bonchev–Trinajstić information content (AvgIpc) is 2.27. The van der Waals surface area contributed by atoms with Crippen molar-refractivity contribution < 1.29 is 9.53 Å². The summed E-state index contributed by atoms with van der Waals surface area (Å²) in [4.78, 5) is 11.3. The molecule has 0 N–H and O–H groups in total. The van der Waals surface area contributed by atoms with Crippen LogP contribution >= 0.6 is 0 Å². The van der Waals surface area contributed by atoms with Crippen molar-refractivity contribution in [1.82, 2.24) is 0 Å². The fourth-order valence-electron chi connectivity index (χ4n) is 1.71. The number of carbonyl (C=O) groups excluding carboxylic acids is 1. The summed E-state index contributed by atoms with van der Waals surface area (Å²) >= 11 is 0. The predicted molar refractivity (Wildman–Crippen MR) is 65.9 cm³/mol. The zero-order chi connectivity index (χ0) is 12.1. The molecular formula is C14H18O2. The van der Waals surface area contributed by atoms with Crippen molar-refractivity contribution in [3.63, 3.8) is 0 Å². The molecule has 0 aliphatic carbocycles. The Labute approximate surface area is 96.9 Å². The minimum Gasteiger partial charge on any atom is -0.496 e. The van der Waals surface area contributed by atoms with Crippen LogP contribution in [0.2, 0.25) is 0 Å². The lowest BCUT2D eigenvalue weighted by molar-refractivity contribution is -0.113. The van der Waals surface area contributed by atoms with E-state index in [-0.39, 0.29) is 5.78 Å². The molecule has 0 spiro atoms. The van der Waals surface area contributed by atoms with Crippen molar-refractivity contribution in [2.24, 2.45) is 0 Å². The average molecular weight is 218 g/mol. The molecular weight excluding hydrogens is 200 g/mol. The summed E-state index contributed by atoms with van der Waals surface area (Å²) in [7, 11) is 1.66. The first-order valence-electron chi connectivity index (χ1n) is 5.38. The predicted octanol–water partition coefficient (Wildman–Crippen LogP) is 3.08. The van der Waals surface area contributed by atoms with Gasteiger partial charge in [-0.2, -0.15) is 0 Å². The van der Waals surface area contributed by atoms with Gasteiger partial charge < -0.3 is 4.74 Å². The van der Waals surface area contributed by atoms with Gasteiger partial charge in [0.25, 0.3) is 0 Å². The summed E-state index contributed by atoms with van der Waals surface area (Å²) in [5.74, 6) is 1.00. The van der Waals surface area contributed by atoms with Gasteiger partial charge in [0.1, 0.15) is 5.75 Å². The van der Waals surface area contributed by atoms with Crippen molar-refractivity contribution >= 4 is 5.78 Å². The zero-order valence-corrected chi connectivity index (χ0v) is 10.3. The molecule has 0 aromatic heterocycles. The van der Waals surface area contributed by atoms with Crippen LogP contribution in [-0.2, 0) is 11.2 Å². The Morgan fingerprint density at radius 2 is 2.12 bits per heavy atom. The first-order chi connectivity index (χ1) is 7.60. The number of methoxy groups -OCH3 is 1. The van der Waals surface area contributed by atoms with Gasteiger partial charge in [0.2, 0.25) is 0 Å². The highest BCUT2D eigenvalue weighted by Crippen LogP contribution is 2.23. The third-order valence-electron chi connectivity index (χ3n) is 2.80. The minimum absolute atomic E-state index is 0.129. The number of allylic oxidation sites excluding steroid dienone is 2. The molecule has 0 bridgehead atoms. The topological polar surface area (TPSA) is 26.3 Å². The van der Waals surface area contributed by atoms with E-state index in [1.54, 1.807) is 14.0 Å².